The van der Waals surface area contributed by atoms with Crippen LogP contribution < -0.4 is 5.43 Å². The first-order chi connectivity index (χ1) is 3.93. The minimum absolute atomic E-state index is 0.646. The Morgan fingerprint density at radius 3 is 3.25 bits per heavy atom. The van der Waals surface area contributed by atoms with Crippen molar-refractivity contribution in [2.75, 3.05) is 20.4 Å². The van der Waals surface area contributed by atoms with E-state index in [4.69, 9.17) is 4.74 Å². The molecule has 3 heteroatoms. The van der Waals surface area contributed by atoms with Crippen LogP contribution in [0, 0.1) is 0 Å². The summed E-state index contributed by atoms with van der Waals surface area (Å²) in [6.07, 6.45) is 3.94. The second-order valence-corrected chi connectivity index (χ2v) is 1.67. The van der Waals surface area contributed by atoms with E-state index in [-0.39, 0.29) is 0 Å². The number of rotatable bonds is 2. The third-order valence-corrected chi connectivity index (χ3v) is 0.986. The van der Waals surface area contributed by atoms with Crippen LogP contribution in [0.15, 0.2) is 12.3 Å². The number of hydrogen-bond acceptors (Lipinski definition) is 3. The Morgan fingerprint density at radius 1 is 1.88 bits per heavy atom. The summed E-state index contributed by atoms with van der Waals surface area (Å²) in [5.41, 5.74) is 2.99. The van der Waals surface area contributed by atoms with Crippen molar-refractivity contribution in [1.82, 2.24) is 10.4 Å². The molecule has 1 heterocycles. The van der Waals surface area contributed by atoms with E-state index in [2.05, 4.69) is 5.43 Å². The van der Waals surface area contributed by atoms with Crippen LogP contribution in [0.25, 0.3) is 0 Å². The van der Waals surface area contributed by atoms with Gasteiger partial charge in [-0.05, 0) is 0 Å². The van der Waals surface area contributed by atoms with Crippen molar-refractivity contribution >= 4 is 0 Å². The fraction of sp³-hybridized carbons (Fsp3) is 0.600. The standard InChI is InChI=1S/C5H10N2O/c1-8-5-7-4-2-3-6-7/h2-3,6H,4-5H2,1H3. The molecule has 0 amide bonds. The maximum absolute atomic E-state index is 4.85. The highest BCUT2D eigenvalue weighted by atomic mass is 16.5. The zero-order valence-electron chi connectivity index (χ0n) is 4.92. The molecule has 0 saturated heterocycles. The summed E-state index contributed by atoms with van der Waals surface area (Å²) in [5, 5.41) is 1.96. The lowest BCUT2D eigenvalue weighted by atomic mass is 10.6. The Kier molecular flexibility index (Phi) is 1.88. The SMILES string of the molecule is COCN1CC=CN1. The molecule has 1 N–H and O–H groups in total. The summed E-state index contributed by atoms with van der Waals surface area (Å²) < 4.78 is 4.85. The first-order valence-electron chi connectivity index (χ1n) is 2.58. The summed E-state index contributed by atoms with van der Waals surface area (Å²) in [6, 6.07) is 0. The fourth-order valence-corrected chi connectivity index (χ4v) is 0.637. The van der Waals surface area contributed by atoms with Crippen molar-refractivity contribution < 1.29 is 4.74 Å². The number of hydrogen-bond donors (Lipinski definition) is 1. The van der Waals surface area contributed by atoms with Crippen LogP contribution >= 0.6 is 0 Å². The predicted molar refractivity (Wildman–Crippen MR) is 30.9 cm³/mol. The number of methoxy groups -OCH3 is 1. The summed E-state index contributed by atoms with van der Waals surface area (Å²) >= 11 is 0. The Hall–Kier alpha value is -0.540. The Labute approximate surface area is 48.9 Å². The molecule has 0 saturated carbocycles. The third-order valence-electron chi connectivity index (χ3n) is 0.986. The minimum atomic E-state index is 0.646. The minimum Gasteiger partial charge on any atom is -0.368 e. The average Bonchev–Trinajstić information content (AvgIpc) is 2.19. The monoisotopic (exact) mass is 114 g/mol. The van der Waals surface area contributed by atoms with Gasteiger partial charge in [0.1, 0.15) is 6.73 Å². The van der Waals surface area contributed by atoms with E-state index in [9.17, 15) is 0 Å². The molecule has 1 aliphatic rings. The predicted octanol–water partition coefficient (Wildman–Crippen LogP) is -0.0758. The lowest BCUT2D eigenvalue weighted by Crippen LogP contribution is -2.31. The highest BCUT2D eigenvalue weighted by Gasteiger charge is 2.01. The van der Waals surface area contributed by atoms with Crippen LogP contribution in [0.4, 0.5) is 0 Å². The van der Waals surface area contributed by atoms with Crippen LogP contribution in [0.5, 0.6) is 0 Å². The summed E-state index contributed by atoms with van der Waals surface area (Å²) in [6.45, 7) is 1.58. The molecule has 0 aromatic carbocycles. The van der Waals surface area contributed by atoms with Gasteiger partial charge in [0.05, 0.1) is 0 Å². The van der Waals surface area contributed by atoms with Crippen molar-refractivity contribution in [3.8, 4) is 0 Å². The van der Waals surface area contributed by atoms with Crippen LogP contribution in [0.1, 0.15) is 0 Å². The Morgan fingerprint density at radius 2 is 2.75 bits per heavy atom. The second-order valence-electron chi connectivity index (χ2n) is 1.67. The average molecular weight is 114 g/mol. The van der Waals surface area contributed by atoms with Gasteiger partial charge in [-0.15, -0.1) is 0 Å². The normalized spacial score (nSPS) is 19.1. The molecule has 46 valence electrons. The molecule has 0 spiro atoms. The summed E-state index contributed by atoms with van der Waals surface area (Å²) in [5.74, 6) is 0. The molecule has 0 atom stereocenters. The Bertz CT molecular complexity index is 84.4. The molecule has 0 aromatic heterocycles. The first kappa shape index (κ1) is 5.59. The van der Waals surface area contributed by atoms with Gasteiger partial charge in [-0.25, -0.2) is 0 Å². The molecule has 1 aliphatic heterocycles. The highest BCUT2D eigenvalue weighted by Crippen LogP contribution is 1.89. The number of ether oxygens (including phenoxy) is 1. The second kappa shape index (κ2) is 2.69. The van der Waals surface area contributed by atoms with E-state index < -0.39 is 0 Å². The molecule has 8 heavy (non-hydrogen) atoms. The summed E-state index contributed by atoms with van der Waals surface area (Å²) in [7, 11) is 1.68. The van der Waals surface area contributed by atoms with E-state index in [0.717, 1.165) is 6.54 Å². The summed E-state index contributed by atoms with van der Waals surface area (Å²) in [4.78, 5) is 0. The van der Waals surface area contributed by atoms with Crippen LogP contribution in [-0.4, -0.2) is 25.4 Å². The highest BCUT2D eigenvalue weighted by molar-refractivity contribution is 4.87. The van der Waals surface area contributed by atoms with E-state index >= 15 is 0 Å². The van der Waals surface area contributed by atoms with E-state index in [1.807, 2.05) is 17.3 Å². The van der Waals surface area contributed by atoms with E-state index in [1.165, 1.54) is 0 Å². The number of hydrazine groups is 1. The molecule has 0 fully saturated rings. The number of nitrogens with zero attached hydrogens (tertiary/aromatic N) is 1. The molecule has 0 aromatic rings. The van der Waals surface area contributed by atoms with Crippen molar-refractivity contribution in [2.45, 2.75) is 0 Å². The quantitative estimate of drug-likeness (QED) is 0.543. The van der Waals surface area contributed by atoms with Gasteiger partial charge in [-0.3, -0.25) is 0 Å². The molecule has 3 nitrogen and oxygen atoms in total. The molecular weight excluding hydrogens is 104 g/mol. The zero-order chi connectivity index (χ0) is 5.82. The zero-order valence-corrected chi connectivity index (χ0v) is 4.92. The van der Waals surface area contributed by atoms with Crippen molar-refractivity contribution in [2.24, 2.45) is 0 Å². The smallest absolute Gasteiger partial charge is 0.116 e. The molecule has 1 rings (SSSR count). The van der Waals surface area contributed by atoms with Crippen molar-refractivity contribution in [3.63, 3.8) is 0 Å². The fourth-order valence-electron chi connectivity index (χ4n) is 0.637. The number of nitrogens with one attached hydrogen (secondary N) is 1. The van der Waals surface area contributed by atoms with Crippen LogP contribution in [0.3, 0.4) is 0 Å². The van der Waals surface area contributed by atoms with E-state index in [0.29, 0.717) is 6.73 Å². The van der Waals surface area contributed by atoms with Gasteiger partial charge >= 0.3 is 0 Å². The van der Waals surface area contributed by atoms with Gasteiger partial charge in [0.2, 0.25) is 0 Å². The molecule has 0 bridgehead atoms. The van der Waals surface area contributed by atoms with Crippen LogP contribution in [-0.2, 0) is 4.74 Å². The third kappa shape index (κ3) is 1.21. The molecule has 0 unspecified atom stereocenters. The first-order valence-corrected chi connectivity index (χ1v) is 2.58. The van der Waals surface area contributed by atoms with Crippen molar-refractivity contribution in [1.29, 1.82) is 0 Å². The molecule has 0 radical (unpaired) electrons. The topological polar surface area (TPSA) is 24.5 Å². The van der Waals surface area contributed by atoms with Gasteiger partial charge in [0.25, 0.3) is 0 Å². The van der Waals surface area contributed by atoms with Gasteiger partial charge in [-0.2, -0.15) is 5.01 Å². The maximum atomic E-state index is 4.85. The maximum Gasteiger partial charge on any atom is 0.116 e. The molecular formula is C5H10N2O. The van der Waals surface area contributed by atoms with Gasteiger partial charge in [0, 0.05) is 19.9 Å². The van der Waals surface area contributed by atoms with Gasteiger partial charge in [0.15, 0.2) is 0 Å². The van der Waals surface area contributed by atoms with E-state index in [1.54, 1.807) is 7.11 Å². The van der Waals surface area contributed by atoms with Gasteiger partial charge < -0.3 is 10.2 Å². The largest absolute Gasteiger partial charge is 0.368 e. The van der Waals surface area contributed by atoms with Crippen molar-refractivity contribution in [3.05, 3.63) is 12.3 Å². The lowest BCUT2D eigenvalue weighted by Gasteiger charge is -2.12. The van der Waals surface area contributed by atoms with Crippen LogP contribution in [0.2, 0.25) is 0 Å². The lowest BCUT2D eigenvalue weighted by molar-refractivity contribution is 0.0551. The van der Waals surface area contributed by atoms with Gasteiger partial charge in [-0.1, -0.05) is 6.08 Å². The Balaban J connectivity index is 2.10. The molecule has 0 aliphatic carbocycles.